The Balaban J connectivity index is 2.06. The normalized spacial score (nSPS) is 10.2. The highest BCUT2D eigenvalue weighted by molar-refractivity contribution is 5.96. The summed E-state index contributed by atoms with van der Waals surface area (Å²) in [5, 5.41) is 4.10. The molecule has 110 valence electrons. The Labute approximate surface area is 121 Å². The summed E-state index contributed by atoms with van der Waals surface area (Å²) in [7, 11) is 0. The molecule has 1 heterocycles. The van der Waals surface area contributed by atoms with Crippen molar-refractivity contribution in [3.8, 4) is 5.75 Å². The number of ether oxygens (including phenoxy) is 1. The van der Waals surface area contributed by atoms with Crippen molar-refractivity contribution >= 4 is 5.91 Å². The Morgan fingerprint density at radius 2 is 2.10 bits per heavy atom. The van der Waals surface area contributed by atoms with Gasteiger partial charge in [-0.2, -0.15) is 5.10 Å². The number of hydrazine groups is 1. The standard InChI is InChI=1S/C14H16N4O3/c1-10-6-7-13(19)18(17-10)8-9-21-12-5-3-2-4-11(12)14(20)16-15/h2-7H,8-9,15H2,1H3,(H,16,20). The Kier molecular flexibility index (Phi) is 4.68. The summed E-state index contributed by atoms with van der Waals surface area (Å²) in [6, 6.07) is 9.84. The molecule has 2 rings (SSSR count). The van der Waals surface area contributed by atoms with Crippen LogP contribution in [0.1, 0.15) is 16.1 Å². The molecule has 2 aromatic rings. The van der Waals surface area contributed by atoms with E-state index in [1.54, 1.807) is 37.3 Å². The molecule has 1 aromatic carbocycles. The second-order valence-corrected chi connectivity index (χ2v) is 4.35. The Hall–Kier alpha value is -2.67. The van der Waals surface area contributed by atoms with Gasteiger partial charge in [-0.05, 0) is 25.1 Å². The van der Waals surface area contributed by atoms with Crippen LogP contribution in [0.5, 0.6) is 5.75 Å². The molecule has 3 N–H and O–H groups in total. The predicted molar refractivity (Wildman–Crippen MR) is 76.8 cm³/mol. The van der Waals surface area contributed by atoms with Gasteiger partial charge in [0.25, 0.3) is 11.5 Å². The van der Waals surface area contributed by atoms with E-state index >= 15 is 0 Å². The van der Waals surface area contributed by atoms with Crippen LogP contribution in [0.3, 0.4) is 0 Å². The molecule has 0 spiro atoms. The zero-order valence-electron chi connectivity index (χ0n) is 11.6. The number of amides is 1. The summed E-state index contributed by atoms with van der Waals surface area (Å²) >= 11 is 0. The van der Waals surface area contributed by atoms with E-state index in [1.165, 1.54) is 10.7 Å². The minimum Gasteiger partial charge on any atom is -0.491 e. The molecule has 0 aliphatic carbocycles. The maximum atomic E-state index is 11.6. The largest absolute Gasteiger partial charge is 0.491 e. The van der Waals surface area contributed by atoms with Crippen molar-refractivity contribution in [3.63, 3.8) is 0 Å². The first-order valence-corrected chi connectivity index (χ1v) is 6.39. The number of nitrogens with zero attached hydrogens (tertiary/aromatic N) is 2. The van der Waals surface area contributed by atoms with Crippen molar-refractivity contribution in [2.45, 2.75) is 13.5 Å². The van der Waals surface area contributed by atoms with E-state index in [1.807, 2.05) is 0 Å². The van der Waals surface area contributed by atoms with Gasteiger partial charge in [0, 0.05) is 6.07 Å². The third-order valence-corrected chi connectivity index (χ3v) is 2.82. The zero-order valence-corrected chi connectivity index (χ0v) is 11.6. The highest BCUT2D eigenvalue weighted by Gasteiger charge is 2.10. The number of nitrogen functional groups attached to an aromatic ring is 1. The number of nitrogens with one attached hydrogen (secondary N) is 1. The summed E-state index contributed by atoms with van der Waals surface area (Å²) in [5.74, 6) is 5.09. The fraction of sp³-hybridized carbons (Fsp3) is 0.214. The fourth-order valence-electron chi connectivity index (χ4n) is 1.81. The first-order chi connectivity index (χ1) is 10.1. The molecule has 0 unspecified atom stereocenters. The van der Waals surface area contributed by atoms with Crippen LogP contribution in [0.2, 0.25) is 0 Å². The van der Waals surface area contributed by atoms with Gasteiger partial charge in [0.1, 0.15) is 12.4 Å². The Bertz CT molecular complexity index is 697. The van der Waals surface area contributed by atoms with Crippen molar-refractivity contribution in [1.82, 2.24) is 15.2 Å². The molecule has 0 aliphatic rings. The van der Waals surface area contributed by atoms with E-state index in [-0.39, 0.29) is 12.2 Å². The van der Waals surface area contributed by atoms with E-state index in [2.05, 4.69) is 10.5 Å². The molecule has 0 aliphatic heterocycles. The second-order valence-electron chi connectivity index (χ2n) is 4.35. The molecule has 0 atom stereocenters. The predicted octanol–water partition coefficient (Wildman–Crippen LogP) is 0.234. The van der Waals surface area contributed by atoms with Gasteiger partial charge in [-0.3, -0.25) is 15.0 Å². The molecule has 7 nitrogen and oxygen atoms in total. The average molecular weight is 288 g/mol. The van der Waals surface area contributed by atoms with Crippen LogP contribution in [0.4, 0.5) is 0 Å². The molecule has 0 saturated carbocycles. The summed E-state index contributed by atoms with van der Waals surface area (Å²) in [6.07, 6.45) is 0. The SMILES string of the molecule is Cc1ccc(=O)n(CCOc2ccccc2C(=O)NN)n1. The number of hydrogen-bond donors (Lipinski definition) is 2. The van der Waals surface area contributed by atoms with E-state index < -0.39 is 5.91 Å². The number of para-hydroxylation sites is 1. The first-order valence-electron chi connectivity index (χ1n) is 6.39. The van der Waals surface area contributed by atoms with E-state index in [0.717, 1.165) is 5.69 Å². The van der Waals surface area contributed by atoms with Crippen molar-refractivity contribution < 1.29 is 9.53 Å². The maximum absolute atomic E-state index is 11.6. The van der Waals surface area contributed by atoms with Crippen LogP contribution in [0, 0.1) is 6.92 Å². The monoisotopic (exact) mass is 288 g/mol. The number of rotatable bonds is 5. The highest BCUT2D eigenvalue weighted by Crippen LogP contribution is 2.17. The lowest BCUT2D eigenvalue weighted by Crippen LogP contribution is -2.30. The van der Waals surface area contributed by atoms with Crippen molar-refractivity contribution in [3.05, 3.63) is 58.0 Å². The van der Waals surface area contributed by atoms with Gasteiger partial charge in [-0.1, -0.05) is 12.1 Å². The summed E-state index contributed by atoms with van der Waals surface area (Å²) in [5.41, 5.74) is 2.95. The topological polar surface area (TPSA) is 99.2 Å². The molecule has 1 amide bonds. The number of carbonyl (C=O) groups is 1. The van der Waals surface area contributed by atoms with Crippen molar-refractivity contribution in [2.75, 3.05) is 6.61 Å². The minimum absolute atomic E-state index is 0.197. The van der Waals surface area contributed by atoms with Gasteiger partial charge >= 0.3 is 0 Å². The van der Waals surface area contributed by atoms with Crippen LogP contribution in [0.15, 0.2) is 41.2 Å². The highest BCUT2D eigenvalue weighted by atomic mass is 16.5. The summed E-state index contributed by atoms with van der Waals surface area (Å²) < 4.78 is 6.86. The molecule has 0 saturated heterocycles. The smallest absolute Gasteiger partial charge is 0.268 e. The summed E-state index contributed by atoms with van der Waals surface area (Å²) in [6.45, 7) is 2.31. The maximum Gasteiger partial charge on any atom is 0.268 e. The number of carbonyl (C=O) groups excluding carboxylic acids is 1. The molecule has 0 radical (unpaired) electrons. The fourth-order valence-corrected chi connectivity index (χ4v) is 1.81. The van der Waals surface area contributed by atoms with Crippen molar-refractivity contribution in [1.29, 1.82) is 0 Å². The second kappa shape index (κ2) is 6.67. The number of benzene rings is 1. The minimum atomic E-state index is -0.434. The van der Waals surface area contributed by atoms with Gasteiger partial charge in [-0.25, -0.2) is 10.5 Å². The van der Waals surface area contributed by atoms with Gasteiger partial charge in [0.2, 0.25) is 0 Å². The van der Waals surface area contributed by atoms with Gasteiger partial charge < -0.3 is 4.74 Å². The quantitative estimate of drug-likeness (QED) is 0.466. The number of hydrogen-bond acceptors (Lipinski definition) is 5. The lowest BCUT2D eigenvalue weighted by Gasteiger charge is -2.11. The van der Waals surface area contributed by atoms with Crippen LogP contribution in [-0.4, -0.2) is 22.3 Å². The average Bonchev–Trinajstić information content (AvgIpc) is 2.50. The molecular weight excluding hydrogens is 272 g/mol. The van der Waals surface area contributed by atoms with Crippen LogP contribution in [0.25, 0.3) is 0 Å². The van der Waals surface area contributed by atoms with E-state index in [4.69, 9.17) is 10.6 Å². The lowest BCUT2D eigenvalue weighted by atomic mass is 10.2. The number of aryl methyl sites for hydroxylation is 1. The van der Waals surface area contributed by atoms with E-state index in [9.17, 15) is 9.59 Å². The van der Waals surface area contributed by atoms with Gasteiger partial charge in [0.05, 0.1) is 17.8 Å². The van der Waals surface area contributed by atoms with E-state index in [0.29, 0.717) is 17.9 Å². The molecule has 0 fully saturated rings. The third-order valence-electron chi connectivity index (χ3n) is 2.82. The molecule has 21 heavy (non-hydrogen) atoms. The Morgan fingerprint density at radius 1 is 1.33 bits per heavy atom. The third kappa shape index (κ3) is 3.67. The molecule has 0 bridgehead atoms. The molecule has 1 aromatic heterocycles. The van der Waals surface area contributed by atoms with Crippen LogP contribution in [-0.2, 0) is 6.54 Å². The van der Waals surface area contributed by atoms with Gasteiger partial charge in [-0.15, -0.1) is 0 Å². The summed E-state index contributed by atoms with van der Waals surface area (Å²) in [4.78, 5) is 23.2. The van der Waals surface area contributed by atoms with Crippen LogP contribution >= 0.6 is 0 Å². The van der Waals surface area contributed by atoms with Gasteiger partial charge in [0.15, 0.2) is 0 Å². The molecular formula is C14H16N4O3. The Morgan fingerprint density at radius 3 is 2.86 bits per heavy atom. The van der Waals surface area contributed by atoms with Crippen molar-refractivity contribution in [2.24, 2.45) is 5.84 Å². The number of nitrogens with two attached hydrogens (primary N) is 1. The number of aromatic nitrogens is 2. The molecule has 7 heteroatoms. The first kappa shape index (κ1) is 14.7. The lowest BCUT2D eigenvalue weighted by molar-refractivity contribution is 0.0949. The van der Waals surface area contributed by atoms with Crippen LogP contribution < -0.4 is 21.6 Å². The zero-order chi connectivity index (χ0) is 15.2.